The molecule has 0 spiro atoms. The van der Waals surface area contributed by atoms with Crippen LogP contribution in [0.4, 0.5) is 4.79 Å². The minimum absolute atomic E-state index is 0.213. The summed E-state index contributed by atoms with van der Waals surface area (Å²) in [6.07, 6.45) is -1.83. The Hall–Kier alpha value is -1.06. The summed E-state index contributed by atoms with van der Waals surface area (Å²) in [5.74, 6) is 0. The van der Waals surface area contributed by atoms with E-state index in [1.165, 1.54) is 0 Å². The molecule has 0 N–H and O–H groups in total. The van der Waals surface area contributed by atoms with Gasteiger partial charge in [0.2, 0.25) is 6.47 Å². The van der Waals surface area contributed by atoms with Gasteiger partial charge in [0.15, 0.2) is 0 Å². The number of ether oxygens (including phenoxy) is 1. The molecule has 0 atom stereocenters. The number of carbonyl (C=O) groups is 2. The Morgan fingerprint density at radius 3 is 2.33 bits per heavy atom. The van der Waals surface area contributed by atoms with Gasteiger partial charge in [0, 0.05) is 0 Å². The summed E-state index contributed by atoms with van der Waals surface area (Å²) in [6.45, 7) is -0.213. The molecule has 0 aliphatic heterocycles. The molecule has 0 bridgehead atoms. The van der Waals surface area contributed by atoms with Gasteiger partial charge in [-0.15, -0.1) is 0 Å². The number of hydrogen-bond acceptors (Lipinski definition) is 4. The van der Waals surface area contributed by atoms with Crippen LogP contribution in [0.1, 0.15) is 0 Å². The molecule has 0 aromatic rings. The van der Waals surface area contributed by atoms with Crippen LogP contribution in [-0.2, 0) is 9.53 Å². The van der Waals surface area contributed by atoms with Gasteiger partial charge in [-0.05, 0) is 0 Å². The first kappa shape index (κ1) is 4.94. The van der Waals surface area contributed by atoms with Crippen LogP contribution in [0.2, 0.25) is 0 Å². The largest absolute Gasteiger partial charge is 0.486 e. The monoisotopic (exact) mass is 89.0 g/mol. The quantitative estimate of drug-likeness (QED) is 0.223. The van der Waals surface area contributed by atoms with Crippen LogP contribution < -0.4 is 5.11 Å². The van der Waals surface area contributed by atoms with Crippen molar-refractivity contribution in [2.45, 2.75) is 0 Å². The summed E-state index contributed by atoms with van der Waals surface area (Å²) in [5, 5.41) is 9.03. The third-order valence-corrected chi connectivity index (χ3v) is 0.144. The SMILES string of the molecule is O=COC(=O)[O-]. The topological polar surface area (TPSA) is 66.4 Å². The van der Waals surface area contributed by atoms with E-state index in [0.717, 1.165) is 0 Å². The summed E-state index contributed by atoms with van der Waals surface area (Å²) in [5.41, 5.74) is 0. The Morgan fingerprint density at radius 1 is 1.83 bits per heavy atom. The van der Waals surface area contributed by atoms with Crippen molar-refractivity contribution >= 4 is 12.6 Å². The maximum Gasteiger partial charge on any atom is 0.258 e. The van der Waals surface area contributed by atoms with Crippen molar-refractivity contribution in [3.63, 3.8) is 0 Å². The summed E-state index contributed by atoms with van der Waals surface area (Å²) in [7, 11) is 0. The van der Waals surface area contributed by atoms with E-state index in [2.05, 4.69) is 4.74 Å². The van der Waals surface area contributed by atoms with Gasteiger partial charge >= 0.3 is 0 Å². The van der Waals surface area contributed by atoms with E-state index in [9.17, 15) is 0 Å². The molecule has 0 saturated carbocycles. The molecule has 6 heavy (non-hydrogen) atoms. The van der Waals surface area contributed by atoms with Crippen LogP contribution in [0, 0.1) is 0 Å². The lowest BCUT2D eigenvalue weighted by atomic mass is 11.3. The molecule has 4 nitrogen and oxygen atoms in total. The van der Waals surface area contributed by atoms with Crippen LogP contribution in [0.15, 0.2) is 0 Å². The van der Waals surface area contributed by atoms with E-state index < -0.39 is 6.16 Å². The first-order valence-corrected chi connectivity index (χ1v) is 1.08. The van der Waals surface area contributed by atoms with Crippen molar-refractivity contribution in [2.24, 2.45) is 0 Å². The van der Waals surface area contributed by atoms with Crippen molar-refractivity contribution in [1.29, 1.82) is 0 Å². The van der Waals surface area contributed by atoms with Gasteiger partial charge in [-0.25, -0.2) is 0 Å². The van der Waals surface area contributed by atoms with Crippen LogP contribution >= 0.6 is 0 Å². The maximum atomic E-state index is 9.03. The van der Waals surface area contributed by atoms with Crippen LogP contribution in [0.25, 0.3) is 0 Å². The Kier molecular flexibility index (Phi) is 1.81. The lowest BCUT2D eigenvalue weighted by Gasteiger charge is -1.90. The van der Waals surface area contributed by atoms with E-state index in [1.807, 2.05) is 0 Å². The van der Waals surface area contributed by atoms with Gasteiger partial charge in [0.25, 0.3) is 6.16 Å². The summed E-state index contributed by atoms with van der Waals surface area (Å²) >= 11 is 0. The lowest BCUT2D eigenvalue weighted by Crippen LogP contribution is -2.22. The lowest BCUT2D eigenvalue weighted by molar-refractivity contribution is -0.276. The fourth-order valence-electron chi connectivity index (χ4n) is 0.0393. The molecule has 0 aliphatic carbocycles. The minimum Gasteiger partial charge on any atom is -0.486 e. The summed E-state index contributed by atoms with van der Waals surface area (Å²) in [4.78, 5) is 18.0. The van der Waals surface area contributed by atoms with Crippen molar-refractivity contribution in [1.82, 2.24) is 0 Å². The highest BCUT2D eigenvalue weighted by Gasteiger charge is 1.70. The standard InChI is InChI=1S/C2H2O4/c3-1-6-2(4)5/h1H,(H,4,5)/p-1. The van der Waals surface area contributed by atoms with E-state index in [4.69, 9.17) is 14.7 Å². The van der Waals surface area contributed by atoms with Gasteiger partial charge < -0.3 is 14.6 Å². The molecule has 4 heteroatoms. The smallest absolute Gasteiger partial charge is 0.258 e. The predicted molar refractivity (Wildman–Crippen MR) is 12.5 cm³/mol. The Labute approximate surface area is 33.3 Å². The molecule has 0 aliphatic rings. The highest BCUT2D eigenvalue weighted by atomic mass is 16.7. The fraction of sp³-hybridized carbons (Fsp3) is 0. The molecular formula is C2HO4-. The molecule has 0 amide bonds. The number of rotatable bonds is 1. The van der Waals surface area contributed by atoms with Gasteiger partial charge in [-0.1, -0.05) is 0 Å². The molecule has 0 radical (unpaired) electrons. The van der Waals surface area contributed by atoms with Crippen LogP contribution in [-0.4, -0.2) is 12.6 Å². The van der Waals surface area contributed by atoms with Crippen molar-refractivity contribution in [3.8, 4) is 0 Å². The highest BCUT2D eigenvalue weighted by molar-refractivity contribution is 5.65. The predicted octanol–water partition coefficient (Wildman–Crippen LogP) is -1.50. The third kappa shape index (κ3) is 2.94. The third-order valence-electron chi connectivity index (χ3n) is 0.144. The Balaban J connectivity index is 3.05. The summed E-state index contributed by atoms with van der Waals surface area (Å²) < 4.78 is 3.17. The van der Waals surface area contributed by atoms with Gasteiger partial charge in [0.1, 0.15) is 0 Å². The normalized spacial score (nSPS) is 6.67. The molecule has 0 rings (SSSR count). The van der Waals surface area contributed by atoms with E-state index >= 15 is 0 Å². The van der Waals surface area contributed by atoms with Crippen LogP contribution in [0.5, 0.6) is 0 Å². The second-order valence-electron chi connectivity index (χ2n) is 0.464. The average Bonchev–Trinajstić information content (AvgIpc) is 1.35. The molecule has 0 fully saturated rings. The minimum atomic E-state index is -1.83. The zero-order chi connectivity index (χ0) is 4.99. The molecule has 0 saturated heterocycles. The molecule has 0 aromatic carbocycles. The molecule has 0 heterocycles. The number of hydrogen-bond donors (Lipinski definition) is 0. The van der Waals surface area contributed by atoms with Crippen molar-refractivity contribution in [2.75, 3.05) is 0 Å². The summed E-state index contributed by atoms with van der Waals surface area (Å²) in [6, 6.07) is 0. The van der Waals surface area contributed by atoms with Gasteiger partial charge in [0.05, 0.1) is 0 Å². The number of carbonyl (C=O) groups excluding carboxylic acids is 2. The van der Waals surface area contributed by atoms with Crippen molar-refractivity contribution in [3.05, 3.63) is 0 Å². The first-order chi connectivity index (χ1) is 2.77. The van der Waals surface area contributed by atoms with Gasteiger partial charge in [-0.3, -0.25) is 4.79 Å². The van der Waals surface area contributed by atoms with Gasteiger partial charge in [-0.2, -0.15) is 0 Å². The zero-order valence-electron chi connectivity index (χ0n) is 2.71. The molecule has 34 valence electrons. The Morgan fingerprint density at radius 2 is 2.33 bits per heavy atom. The first-order valence-electron chi connectivity index (χ1n) is 1.08. The number of carboxylic acid groups (broad SMARTS) is 1. The second kappa shape index (κ2) is 2.19. The van der Waals surface area contributed by atoms with Crippen molar-refractivity contribution < 1.29 is 19.4 Å². The maximum absolute atomic E-state index is 9.03. The fourth-order valence-corrected chi connectivity index (χ4v) is 0.0393. The molecule has 0 aromatic heterocycles. The highest BCUT2D eigenvalue weighted by Crippen LogP contribution is 1.56. The van der Waals surface area contributed by atoms with E-state index in [-0.39, 0.29) is 6.47 Å². The second-order valence-corrected chi connectivity index (χ2v) is 0.464. The average molecular weight is 89.0 g/mol. The van der Waals surface area contributed by atoms with E-state index in [0.29, 0.717) is 0 Å². The molecular weight excluding hydrogens is 88.0 g/mol. The zero-order valence-corrected chi connectivity index (χ0v) is 2.71. The molecule has 0 unspecified atom stereocenters. The Bertz CT molecular complexity index is 65.9. The van der Waals surface area contributed by atoms with Crippen LogP contribution in [0.3, 0.4) is 0 Å². The van der Waals surface area contributed by atoms with E-state index in [1.54, 1.807) is 0 Å².